The standard InChI is InChI=1S/C12H21N3O4/c1-3-4-12(10(17)18)5-6-15(7-12)11(19)14-8(2)9(13)16/h8H,3-7H2,1-2H3,(H2,13,16)(H,14,19)(H,17,18). The molecule has 1 heterocycles. The molecule has 7 nitrogen and oxygen atoms in total. The fourth-order valence-electron chi connectivity index (χ4n) is 2.36. The number of nitrogens with two attached hydrogens (primary N) is 1. The number of likely N-dealkylation sites (tertiary alicyclic amines) is 1. The first-order valence-corrected chi connectivity index (χ1v) is 6.40. The fraction of sp³-hybridized carbons (Fsp3) is 0.750. The Bertz CT molecular complexity index is 385. The van der Waals surface area contributed by atoms with E-state index in [1.165, 1.54) is 11.8 Å². The van der Waals surface area contributed by atoms with Gasteiger partial charge in [-0.3, -0.25) is 9.59 Å². The fourth-order valence-corrected chi connectivity index (χ4v) is 2.36. The van der Waals surface area contributed by atoms with Crippen molar-refractivity contribution in [1.82, 2.24) is 10.2 Å². The third-order valence-corrected chi connectivity index (χ3v) is 3.59. The summed E-state index contributed by atoms with van der Waals surface area (Å²) in [7, 11) is 0. The van der Waals surface area contributed by atoms with Crippen molar-refractivity contribution >= 4 is 17.9 Å². The topological polar surface area (TPSA) is 113 Å². The molecule has 1 rings (SSSR count). The van der Waals surface area contributed by atoms with E-state index in [4.69, 9.17) is 5.73 Å². The summed E-state index contributed by atoms with van der Waals surface area (Å²) in [5, 5.41) is 11.8. The van der Waals surface area contributed by atoms with E-state index in [9.17, 15) is 19.5 Å². The molecule has 0 aromatic carbocycles. The van der Waals surface area contributed by atoms with Crippen LogP contribution >= 0.6 is 0 Å². The summed E-state index contributed by atoms with van der Waals surface area (Å²) in [5.41, 5.74) is 4.21. The van der Waals surface area contributed by atoms with Gasteiger partial charge in [-0.2, -0.15) is 0 Å². The molecule has 0 aromatic heterocycles. The van der Waals surface area contributed by atoms with Crippen LogP contribution in [0.5, 0.6) is 0 Å². The first kappa shape index (κ1) is 15.3. The van der Waals surface area contributed by atoms with E-state index in [2.05, 4.69) is 5.32 Å². The van der Waals surface area contributed by atoms with E-state index in [-0.39, 0.29) is 6.54 Å². The Morgan fingerprint density at radius 1 is 1.47 bits per heavy atom. The van der Waals surface area contributed by atoms with Crippen molar-refractivity contribution in [1.29, 1.82) is 0 Å². The Morgan fingerprint density at radius 2 is 2.11 bits per heavy atom. The number of carbonyl (C=O) groups excluding carboxylic acids is 2. The number of hydrogen-bond donors (Lipinski definition) is 3. The molecular formula is C12H21N3O4. The van der Waals surface area contributed by atoms with Crippen LogP contribution in [0.1, 0.15) is 33.1 Å². The highest BCUT2D eigenvalue weighted by Crippen LogP contribution is 2.35. The van der Waals surface area contributed by atoms with Crippen LogP contribution in [0.2, 0.25) is 0 Å². The lowest BCUT2D eigenvalue weighted by atomic mass is 9.83. The van der Waals surface area contributed by atoms with Gasteiger partial charge in [0.25, 0.3) is 0 Å². The Kier molecular flexibility index (Phi) is 4.74. The molecular weight excluding hydrogens is 250 g/mol. The number of primary amides is 1. The smallest absolute Gasteiger partial charge is 0.318 e. The number of carboxylic acids is 1. The Balaban J connectivity index is 2.66. The summed E-state index contributed by atoms with van der Waals surface area (Å²) in [6.45, 7) is 3.96. The van der Waals surface area contributed by atoms with Gasteiger partial charge in [0.2, 0.25) is 5.91 Å². The second kappa shape index (κ2) is 5.90. The van der Waals surface area contributed by atoms with E-state index in [1.54, 1.807) is 0 Å². The SMILES string of the molecule is CCCC1(C(=O)O)CCN(C(=O)NC(C)C(N)=O)C1. The zero-order valence-corrected chi connectivity index (χ0v) is 11.3. The van der Waals surface area contributed by atoms with Gasteiger partial charge in [0, 0.05) is 13.1 Å². The molecule has 3 amide bonds. The number of nitrogens with one attached hydrogen (secondary N) is 1. The number of carboxylic acid groups (broad SMARTS) is 1. The molecule has 108 valence electrons. The maximum Gasteiger partial charge on any atom is 0.318 e. The largest absolute Gasteiger partial charge is 0.481 e. The molecule has 0 spiro atoms. The van der Waals surface area contributed by atoms with Gasteiger partial charge in [-0.05, 0) is 19.8 Å². The maximum atomic E-state index is 11.9. The summed E-state index contributed by atoms with van der Waals surface area (Å²) in [6.07, 6.45) is 1.73. The van der Waals surface area contributed by atoms with Crippen LogP contribution in [0.15, 0.2) is 0 Å². The van der Waals surface area contributed by atoms with E-state index in [0.29, 0.717) is 19.4 Å². The molecule has 0 saturated carbocycles. The molecule has 19 heavy (non-hydrogen) atoms. The van der Waals surface area contributed by atoms with Gasteiger partial charge >= 0.3 is 12.0 Å². The van der Waals surface area contributed by atoms with Crippen LogP contribution in [0.4, 0.5) is 4.79 Å². The number of urea groups is 1. The third kappa shape index (κ3) is 3.36. The number of nitrogens with zero attached hydrogens (tertiary/aromatic N) is 1. The molecule has 0 aliphatic carbocycles. The molecule has 7 heteroatoms. The van der Waals surface area contributed by atoms with Crippen molar-refractivity contribution in [3.63, 3.8) is 0 Å². The highest BCUT2D eigenvalue weighted by molar-refractivity contribution is 5.86. The second-order valence-electron chi connectivity index (χ2n) is 5.08. The minimum Gasteiger partial charge on any atom is -0.481 e. The van der Waals surface area contributed by atoms with Crippen LogP contribution in [-0.2, 0) is 9.59 Å². The van der Waals surface area contributed by atoms with Gasteiger partial charge in [-0.25, -0.2) is 4.79 Å². The summed E-state index contributed by atoms with van der Waals surface area (Å²) in [4.78, 5) is 35.6. The molecule has 0 bridgehead atoms. The van der Waals surface area contributed by atoms with Crippen LogP contribution in [0.25, 0.3) is 0 Å². The van der Waals surface area contributed by atoms with Crippen molar-refractivity contribution in [2.24, 2.45) is 11.1 Å². The summed E-state index contributed by atoms with van der Waals surface area (Å²) in [5.74, 6) is -1.49. The molecule has 0 radical (unpaired) electrons. The van der Waals surface area contributed by atoms with Crippen LogP contribution < -0.4 is 11.1 Å². The normalized spacial score (nSPS) is 24.0. The Morgan fingerprint density at radius 3 is 2.58 bits per heavy atom. The third-order valence-electron chi connectivity index (χ3n) is 3.59. The molecule has 2 unspecified atom stereocenters. The van der Waals surface area contributed by atoms with Crippen molar-refractivity contribution < 1.29 is 19.5 Å². The van der Waals surface area contributed by atoms with Crippen molar-refractivity contribution in [3.05, 3.63) is 0 Å². The lowest BCUT2D eigenvalue weighted by Crippen LogP contribution is -2.48. The number of amides is 3. The highest BCUT2D eigenvalue weighted by atomic mass is 16.4. The first-order chi connectivity index (χ1) is 8.82. The average Bonchev–Trinajstić information content (AvgIpc) is 2.75. The minimum atomic E-state index is -0.868. The van der Waals surface area contributed by atoms with Gasteiger partial charge in [0.05, 0.1) is 5.41 Å². The lowest BCUT2D eigenvalue weighted by molar-refractivity contribution is -0.148. The molecule has 1 fully saturated rings. The monoisotopic (exact) mass is 271 g/mol. The van der Waals surface area contributed by atoms with Crippen LogP contribution in [0.3, 0.4) is 0 Å². The van der Waals surface area contributed by atoms with Crippen LogP contribution in [-0.4, -0.2) is 47.0 Å². The van der Waals surface area contributed by atoms with Gasteiger partial charge < -0.3 is 21.1 Å². The number of aliphatic carboxylic acids is 1. The Hall–Kier alpha value is -1.79. The van der Waals surface area contributed by atoms with Gasteiger partial charge in [0.15, 0.2) is 0 Å². The number of hydrogen-bond acceptors (Lipinski definition) is 3. The van der Waals surface area contributed by atoms with E-state index in [0.717, 1.165) is 6.42 Å². The van der Waals surface area contributed by atoms with Gasteiger partial charge in [0.1, 0.15) is 6.04 Å². The van der Waals surface area contributed by atoms with E-state index >= 15 is 0 Å². The molecule has 1 aliphatic rings. The zero-order valence-electron chi connectivity index (χ0n) is 11.3. The van der Waals surface area contributed by atoms with Crippen LogP contribution in [0, 0.1) is 5.41 Å². The molecule has 4 N–H and O–H groups in total. The molecule has 2 atom stereocenters. The predicted octanol–water partition coefficient (Wildman–Crippen LogP) is 0.147. The quantitative estimate of drug-likeness (QED) is 0.660. The zero-order chi connectivity index (χ0) is 14.6. The van der Waals surface area contributed by atoms with Crippen molar-refractivity contribution in [2.45, 2.75) is 39.2 Å². The summed E-state index contributed by atoms with van der Waals surface area (Å²) < 4.78 is 0. The first-order valence-electron chi connectivity index (χ1n) is 6.40. The van der Waals surface area contributed by atoms with Crippen molar-refractivity contribution in [2.75, 3.05) is 13.1 Å². The molecule has 1 aliphatic heterocycles. The second-order valence-corrected chi connectivity index (χ2v) is 5.08. The maximum absolute atomic E-state index is 11.9. The lowest BCUT2D eigenvalue weighted by Gasteiger charge is -2.24. The predicted molar refractivity (Wildman–Crippen MR) is 68.4 cm³/mol. The molecule has 1 saturated heterocycles. The number of rotatable bonds is 5. The minimum absolute atomic E-state index is 0.174. The van der Waals surface area contributed by atoms with Gasteiger partial charge in [-0.1, -0.05) is 13.3 Å². The Labute approximate surface area is 112 Å². The summed E-state index contributed by atoms with van der Waals surface area (Å²) >= 11 is 0. The van der Waals surface area contributed by atoms with Crippen molar-refractivity contribution in [3.8, 4) is 0 Å². The highest BCUT2D eigenvalue weighted by Gasteiger charge is 2.45. The average molecular weight is 271 g/mol. The van der Waals surface area contributed by atoms with E-state index in [1.807, 2.05) is 6.92 Å². The summed E-state index contributed by atoms with van der Waals surface area (Å²) in [6, 6.07) is -1.20. The van der Waals surface area contributed by atoms with E-state index < -0.39 is 29.4 Å². The number of carbonyl (C=O) groups is 3. The van der Waals surface area contributed by atoms with Gasteiger partial charge in [-0.15, -0.1) is 0 Å². The molecule has 0 aromatic rings.